The van der Waals surface area contributed by atoms with Crippen molar-refractivity contribution in [2.45, 2.75) is 25.8 Å². The van der Waals surface area contributed by atoms with E-state index in [9.17, 15) is 9.18 Å². The van der Waals surface area contributed by atoms with Crippen LogP contribution in [0.2, 0.25) is 0 Å². The highest BCUT2D eigenvalue weighted by atomic mass is 19.1. The molecule has 2 heterocycles. The number of esters is 1. The summed E-state index contributed by atoms with van der Waals surface area (Å²) in [6.07, 6.45) is 0.646. The van der Waals surface area contributed by atoms with E-state index in [0.29, 0.717) is 12.2 Å². The maximum absolute atomic E-state index is 13.5. The highest BCUT2D eigenvalue weighted by molar-refractivity contribution is 6.15. The van der Waals surface area contributed by atoms with Gasteiger partial charge in [-0.15, -0.1) is 10.2 Å². The van der Waals surface area contributed by atoms with E-state index in [4.69, 9.17) is 9.73 Å². The van der Waals surface area contributed by atoms with Gasteiger partial charge in [0.15, 0.2) is 5.82 Å². The second-order valence-corrected chi connectivity index (χ2v) is 6.57. The van der Waals surface area contributed by atoms with Crippen LogP contribution in [0.25, 0.3) is 5.69 Å². The molecule has 142 valence electrons. The number of nitrogens with zero attached hydrogens (tertiary/aromatic N) is 4. The zero-order valence-corrected chi connectivity index (χ0v) is 15.6. The fourth-order valence-corrected chi connectivity index (χ4v) is 3.43. The Balaban J connectivity index is 1.90. The Morgan fingerprint density at radius 2 is 1.89 bits per heavy atom. The van der Waals surface area contributed by atoms with Gasteiger partial charge in [-0.1, -0.05) is 18.2 Å². The number of aryl methyl sites for hydroxylation is 1. The third-order valence-electron chi connectivity index (χ3n) is 4.80. The van der Waals surface area contributed by atoms with Crippen molar-refractivity contribution < 1.29 is 13.9 Å². The van der Waals surface area contributed by atoms with Crippen molar-refractivity contribution in [3.63, 3.8) is 0 Å². The maximum Gasteiger partial charge on any atom is 0.305 e. The minimum Gasteiger partial charge on any atom is -0.469 e. The fourth-order valence-electron chi connectivity index (χ4n) is 3.43. The van der Waals surface area contributed by atoms with Gasteiger partial charge in [0.05, 0.1) is 18.5 Å². The summed E-state index contributed by atoms with van der Waals surface area (Å²) in [7, 11) is 1.37. The van der Waals surface area contributed by atoms with Crippen molar-refractivity contribution in [2.24, 2.45) is 4.99 Å². The molecular weight excluding hydrogens is 359 g/mol. The molecule has 2 aromatic carbocycles. The smallest absolute Gasteiger partial charge is 0.305 e. The SMILES string of the molecule is COC(=O)CC[C@@H]1N=C(c2ccc(F)cc2)c2ccccc2-n2c(C)nnc21. The van der Waals surface area contributed by atoms with E-state index >= 15 is 0 Å². The number of hydrogen-bond donors (Lipinski definition) is 0. The lowest BCUT2D eigenvalue weighted by atomic mass is 10.00. The third kappa shape index (κ3) is 3.19. The van der Waals surface area contributed by atoms with E-state index in [0.717, 1.165) is 28.4 Å². The number of methoxy groups -OCH3 is 1. The highest BCUT2D eigenvalue weighted by Crippen LogP contribution is 2.33. The van der Waals surface area contributed by atoms with Crippen molar-refractivity contribution in [3.8, 4) is 5.69 Å². The summed E-state index contributed by atoms with van der Waals surface area (Å²) in [5.74, 6) is 0.802. The molecule has 0 radical (unpaired) electrons. The molecule has 7 heteroatoms. The normalized spacial score (nSPS) is 15.2. The second kappa shape index (κ2) is 7.34. The van der Waals surface area contributed by atoms with E-state index < -0.39 is 0 Å². The summed E-state index contributed by atoms with van der Waals surface area (Å²) in [5, 5.41) is 8.56. The standard InChI is InChI=1S/C21H19FN4O2/c1-13-24-25-21-17(11-12-19(27)28-2)23-20(14-7-9-15(22)10-8-14)16-5-3-4-6-18(16)26(13)21/h3-10,17H,11-12H2,1-2H3/t17-/m0/s1. The molecule has 28 heavy (non-hydrogen) atoms. The predicted molar refractivity (Wildman–Crippen MR) is 102 cm³/mol. The molecule has 1 aliphatic heterocycles. The summed E-state index contributed by atoms with van der Waals surface area (Å²) < 4.78 is 20.2. The lowest BCUT2D eigenvalue weighted by molar-refractivity contribution is -0.140. The van der Waals surface area contributed by atoms with E-state index in [1.165, 1.54) is 19.2 Å². The van der Waals surface area contributed by atoms with Gasteiger partial charge in [0.2, 0.25) is 0 Å². The lowest BCUT2D eigenvalue weighted by Crippen LogP contribution is -2.09. The molecule has 0 N–H and O–H groups in total. The van der Waals surface area contributed by atoms with Crippen molar-refractivity contribution >= 4 is 11.7 Å². The number of ether oxygens (including phenoxy) is 1. The van der Waals surface area contributed by atoms with Crippen LogP contribution in [-0.2, 0) is 9.53 Å². The molecule has 4 rings (SSSR count). The first-order chi connectivity index (χ1) is 13.6. The zero-order valence-electron chi connectivity index (χ0n) is 15.6. The minimum atomic E-state index is -0.382. The van der Waals surface area contributed by atoms with Crippen LogP contribution >= 0.6 is 0 Å². The Hall–Kier alpha value is -3.35. The van der Waals surface area contributed by atoms with E-state index in [-0.39, 0.29) is 24.2 Å². The third-order valence-corrected chi connectivity index (χ3v) is 4.80. The first-order valence-corrected chi connectivity index (χ1v) is 9.00. The van der Waals surface area contributed by atoms with Crippen LogP contribution in [0.3, 0.4) is 0 Å². The van der Waals surface area contributed by atoms with E-state index in [2.05, 4.69) is 10.2 Å². The van der Waals surface area contributed by atoms with Crippen LogP contribution in [0, 0.1) is 12.7 Å². The number of fused-ring (bicyclic) bond motifs is 3. The molecule has 0 bridgehead atoms. The van der Waals surface area contributed by atoms with Crippen molar-refractivity contribution in [1.82, 2.24) is 14.8 Å². The predicted octanol–water partition coefficient (Wildman–Crippen LogP) is 3.56. The van der Waals surface area contributed by atoms with Gasteiger partial charge in [0.1, 0.15) is 17.7 Å². The van der Waals surface area contributed by atoms with Crippen LogP contribution in [-0.4, -0.2) is 33.6 Å². The quantitative estimate of drug-likeness (QED) is 0.651. The number of halogens is 1. The number of carbonyl (C=O) groups is 1. The molecule has 0 saturated heterocycles. The monoisotopic (exact) mass is 378 g/mol. The number of para-hydroxylation sites is 1. The van der Waals surface area contributed by atoms with Crippen LogP contribution in [0.1, 0.15) is 41.7 Å². The molecule has 3 aromatic rings. The largest absolute Gasteiger partial charge is 0.469 e. The van der Waals surface area contributed by atoms with Gasteiger partial charge in [-0.2, -0.15) is 0 Å². The molecule has 0 fully saturated rings. The molecule has 1 atom stereocenters. The first-order valence-electron chi connectivity index (χ1n) is 9.00. The topological polar surface area (TPSA) is 69.4 Å². The number of aromatic nitrogens is 3. The molecular formula is C21H19FN4O2. The Kier molecular flexibility index (Phi) is 4.73. The molecule has 1 aromatic heterocycles. The summed E-state index contributed by atoms with van der Waals surface area (Å²) in [6, 6.07) is 13.7. The summed E-state index contributed by atoms with van der Waals surface area (Å²) in [4.78, 5) is 16.7. The maximum atomic E-state index is 13.5. The summed E-state index contributed by atoms with van der Waals surface area (Å²) in [5.41, 5.74) is 3.34. The van der Waals surface area contributed by atoms with Gasteiger partial charge in [-0.25, -0.2) is 4.39 Å². The molecule has 1 aliphatic rings. The number of carbonyl (C=O) groups excluding carboxylic acids is 1. The van der Waals surface area contributed by atoms with Crippen LogP contribution < -0.4 is 0 Å². The molecule has 0 spiro atoms. The van der Waals surface area contributed by atoms with Gasteiger partial charge in [-0.3, -0.25) is 14.4 Å². The van der Waals surface area contributed by atoms with E-state index in [1.54, 1.807) is 12.1 Å². The minimum absolute atomic E-state index is 0.212. The van der Waals surface area contributed by atoms with Crippen molar-refractivity contribution in [3.05, 3.63) is 77.1 Å². The molecule has 0 aliphatic carbocycles. The number of benzene rings is 2. The average Bonchev–Trinajstić information content (AvgIpc) is 3.03. The van der Waals surface area contributed by atoms with Gasteiger partial charge in [0.25, 0.3) is 0 Å². The summed E-state index contributed by atoms with van der Waals surface area (Å²) >= 11 is 0. The average molecular weight is 378 g/mol. The van der Waals surface area contributed by atoms with Crippen LogP contribution in [0.4, 0.5) is 4.39 Å². The second-order valence-electron chi connectivity index (χ2n) is 6.57. The van der Waals surface area contributed by atoms with Gasteiger partial charge in [0, 0.05) is 17.5 Å². The molecule has 0 unspecified atom stereocenters. The number of aliphatic imine (C=N–C) groups is 1. The molecule has 6 nitrogen and oxygen atoms in total. The van der Waals surface area contributed by atoms with Gasteiger partial charge in [-0.05, 0) is 43.7 Å². The zero-order chi connectivity index (χ0) is 19.7. The van der Waals surface area contributed by atoms with Crippen LogP contribution in [0.5, 0.6) is 0 Å². The van der Waals surface area contributed by atoms with Gasteiger partial charge < -0.3 is 4.74 Å². The Morgan fingerprint density at radius 3 is 2.64 bits per heavy atom. The fraction of sp³-hybridized carbons (Fsp3) is 0.238. The van der Waals surface area contributed by atoms with Crippen LogP contribution in [0.15, 0.2) is 53.5 Å². The van der Waals surface area contributed by atoms with Crippen molar-refractivity contribution in [1.29, 1.82) is 0 Å². The summed E-state index contributed by atoms with van der Waals surface area (Å²) in [6.45, 7) is 1.88. The molecule has 0 amide bonds. The Labute approximate surface area is 161 Å². The first kappa shape index (κ1) is 18.0. The Morgan fingerprint density at radius 1 is 1.14 bits per heavy atom. The molecule has 0 saturated carbocycles. The van der Waals surface area contributed by atoms with Crippen molar-refractivity contribution in [2.75, 3.05) is 7.11 Å². The highest BCUT2D eigenvalue weighted by Gasteiger charge is 2.28. The number of rotatable bonds is 4. The lowest BCUT2D eigenvalue weighted by Gasteiger charge is -2.12. The van der Waals surface area contributed by atoms with E-state index in [1.807, 2.05) is 35.8 Å². The Bertz CT molecular complexity index is 1060. The van der Waals surface area contributed by atoms with Gasteiger partial charge >= 0.3 is 5.97 Å². The number of hydrogen-bond acceptors (Lipinski definition) is 5.